The molecule has 1 aromatic rings. The highest BCUT2D eigenvalue weighted by molar-refractivity contribution is 7.15. The molecule has 0 spiro atoms. The number of hydrogen-bond acceptors (Lipinski definition) is 5. The Kier molecular flexibility index (Phi) is 3.38. The highest BCUT2D eigenvalue weighted by Crippen LogP contribution is 2.20. The Morgan fingerprint density at radius 1 is 1.50 bits per heavy atom. The molecule has 0 radical (unpaired) electrons. The largest absolute Gasteiger partial charge is 0.374 e. The first-order valence-corrected chi connectivity index (χ1v) is 6.32. The van der Waals surface area contributed by atoms with Crippen molar-refractivity contribution in [1.82, 2.24) is 15.1 Å². The van der Waals surface area contributed by atoms with E-state index in [4.69, 9.17) is 5.73 Å². The van der Waals surface area contributed by atoms with Crippen LogP contribution in [0.5, 0.6) is 0 Å². The molecule has 2 heterocycles. The van der Waals surface area contributed by atoms with E-state index in [1.165, 1.54) is 11.3 Å². The van der Waals surface area contributed by atoms with Gasteiger partial charge in [-0.2, -0.15) is 0 Å². The van der Waals surface area contributed by atoms with E-state index in [1.807, 2.05) is 4.90 Å². The Labute approximate surface area is 98.7 Å². The first-order valence-electron chi connectivity index (χ1n) is 5.51. The Bertz CT molecular complexity index is 379. The van der Waals surface area contributed by atoms with Crippen LogP contribution in [-0.2, 0) is 11.3 Å². The molecule has 2 N–H and O–H groups in total. The quantitative estimate of drug-likeness (QED) is 0.845. The summed E-state index contributed by atoms with van der Waals surface area (Å²) < 4.78 is 0. The smallest absolute Gasteiger partial charge is 0.222 e. The van der Waals surface area contributed by atoms with Crippen LogP contribution in [0.1, 0.15) is 31.2 Å². The van der Waals surface area contributed by atoms with Crippen LogP contribution in [0.4, 0.5) is 5.13 Å². The highest BCUT2D eigenvalue weighted by Gasteiger charge is 2.21. The van der Waals surface area contributed by atoms with Gasteiger partial charge in [-0.25, -0.2) is 0 Å². The van der Waals surface area contributed by atoms with Gasteiger partial charge in [0.2, 0.25) is 11.0 Å². The zero-order valence-electron chi connectivity index (χ0n) is 9.35. The number of likely N-dealkylation sites (tertiary alicyclic amines) is 1. The number of hydrogen-bond donors (Lipinski definition) is 1. The molecule has 1 unspecified atom stereocenters. The summed E-state index contributed by atoms with van der Waals surface area (Å²) in [4.78, 5) is 13.7. The van der Waals surface area contributed by atoms with E-state index >= 15 is 0 Å². The monoisotopic (exact) mass is 240 g/mol. The van der Waals surface area contributed by atoms with Crippen molar-refractivity contribution < 1.29 is 4.79 Å². The van der Waals surface area contributed by atoms with Crippen molar-refractivity contribution in [1.29, 1.82) is 0 Å². The molecule has 6 heteroatoms. The third kappa shape index (κ3) is 2.69. The van der Waals surface area contributed by atoms with Crippen LogP contribution in [0.2, 0.25) is 0 Å². The van der Waals surface area contributed by atoms with Gasteiger partial charge in [0, 0.05) is 13.0 Å². The molecule has 1 saturated heterocycles. The van der Waals surface area contributed by atoms with Crippen LogP contribution in [0.25, 0.3) is 0 Å². The van der Waals surface area contributed by atoms with Gasteiger partial charge >= 0.3 is 0 Å². The van der Waals surface area contributed by atoms with E-state index in [0.717, 1.165) is 24.4 Å². The van der Waals surface area contributed by atoms with Gasteiger partial charge in [0.25, 0.3) is 0 Å². The van der Waals surface area contributed by atoms with Crippen LogP contribution in [-0.4, -0.2) is 27.5 Å². The second-order valence-corrected chi connectivity index (χ2v) is 5.38. The summed E-state index contributed by atoms with van der Waals surface area (Å²) in [5.74, 6) is 0.853. The normalized spacial score (nSPS) is 22.2. The third-order valence-electron chi connectivity index (χ3n) is 2.90. The minimum atomic E-state index is 0.220. The number of anilines is 1. The molecule has 0 aliphatic carbocycles. The first kappa shape index (κ1) is 11.3. The number of carbonyl (C=O) groups is 1. The molecule has 1 atom stereocenters. The number of aromatic nitrogens is 2. The summed E-state index contributed by atoms with van der Waals surface area (Å²) in [7, 11) is 0. The Hall–Kier alpha value is -1.17. The first-order chi connectivity index (χ1) is 7.65. The van der Waals surface area contributed by atoms with Crippen LogP contribution in [0, 0.1) is 5.92 Å². The molecule has 0 bridgehead atoms. The molecule has 2 rings (SSSR count). The number of amides is 1. The van der Waals surface area contributed by atoms with Gasteiger partial charge in [0.05, 0.1) is 6.54 Å². The van der Waals surface area contributed by atoms with Gasteiger partial charge in [-0.05, 0) is 18.8 Å². The minimum Gasteiger partial charge on any atom is -0.374 e. The van der Waals surface area contributed by atoms with Gasteiger partial charge in [0.15, 0.2) is 0 Å². The molecule has 88 valence electrons. The number of carbonyl (C=O) groups excluding carboxylic acids is 1. The molecule has 1 aromatic heterocycles. The van der Waals surface area contributed by atoms with Crippen molar-refractivity contribution in [3.05, 3.63) is 5.01 Å². The summed E-state index contributed by atoms with van der Waals surface area (Å²) in [6.07, 6.45) is 2.71. The maximum Gasteiger partial charge on any atom is 0.222 e. The summed E-state index contributed by atoms with van der Waals surface area (Å²) in [5, 5.41) is 8.98. The minimum absolute atomic E-state index is 0.220. The zero-order valence-corrected chi connectivity index (χ0v) is 10.2. The summed E-state index contributed by atoms with van der Waals surface area (Å²) in [5.41, 5.74) is 5.51. The van der Waals surface area contributed by atoms with E-state index in [9.17, 15) is 4.79 Å². The van der Waals surface area contributed by atoms with Crippen molar-refractivity contribution >= 4 is 22.4 Å². The molecular formula is C10H16N4OS. The fraction of sp³-hybridized carbons (Fsp3) is 0.700. The second-order valence-electron chi connectivity index (χ2n) is 4.28. The van der Waals surface area contributed by atoms with E-state index < -0.39 is 0 Å². The number of rotatable bonds is 2. The molecule has 1 fully saturated rings. The topological polar surface area (TPSA) is 72.1 Å². The lowest BCUT2D eigenvalue weighted by atomic mass is 10.0. The highest BCUT2D eigenvalue weighted by atomic mass is 32.1. The molecule has 16 heavy (non-hydrogen) atoms. The molecular weight excluding hydrogens is 224 g/mol. The third-order valence-corrected chi connectivity index (χ3v) is 3.64. The van der Waals surface area contributed by atoms with E-state index in [0.29, 0.717) is 24.0 Å². The van der Waals surface area contributed by atoms with Gasteiger partial charge in [-0.3, -0.25) is 4.79 Å². The Balaban J connectivity index is 2.00. The fourth-order valence-electron chi connectivity index (χ4n) is 1.83. The fourth-order valence-corrected chi connectivity index (χ4v) is 2.46. The van der Waals surface area contributed by atoms with Crippen LogP contribution in [0.3, 0.4) is 0 Å². The summed E-state index contributed by atoms with van der Waals surface area (Å²) >= 11 is 1.35. The van der Waals surface area contributed by atoms with Gasteiger partial charge in [0.1, 0.15) is 5.01 Å². The average molecular weight is 240 g/mol. The number of nitrogens with zero attached hydrogens (tertiary/aromatic N) is 3. The SMILES string of the molecule is CC1CCC(=O)N(Cc2nnc(N)s2)CC1. The second kappa shape index (κ2) is 4.78. The number of nitrogens with two attached hydrogens (primary N) is 1. The Morgan fingerprint density at radius 2 is 2.31 bits per heavy atom. The molecule has 5 nitrogen and oxygen atoms in total. The van der Waals surface area contributed by atoms with Crippen molar-refractivity contribution in [3.63, 3.8) is 0 Å². The molecule has 0 saturated carbocycles. The lowest BCUT2D eigenvalue weighted by Crippen LogP contribution is -2.29. The average Bonchev–Trinajstić information content (AvgIpc) is 2.59. The van der Waals surface area contributed by atoms with Gasteiger partial charge in [-0.1, -0.05) is 18.3 Å². The van der Waals surface area contributed by atoms with Crippen molar-refractivity contribution in [2.75, 3.05) is 12.3 Å². The maximum absolute atomic E-state index is 11.8. The maximum atomic E-state index is 11.8. The predicted octanol–water partition coefficient (Wildman–Crippen LogP) is 1.27. The predicted molar refractivity (Wildman–Crippen MR) is 62.8 cm³/mol. The number of nitrogen functional groups attached to an aromatic ring is 1. The van der Waals surface area contributed by atoms with Crippen molar-refractivity contribution in [3.8, 4) is 0 Å². The lowest BCUT2D eigenvalue weighted by Gasteiger charge is -2.18. The molecule has 1 amide bonds. The van der Waals surface area contributed by atoms with E-state index in [2.05, 4.69) is 17.1 Å². The zero-order chi connectivity index (χ0) is 11.5. The van der Waals surface area contributed by atoms with Gasteiger partial charge < -0.3 is 10.6 Å². The summed E-state index contributed by atoms with van der Waals surface area (Å²) in [6, 6.07) is 0. The lowest BCUT2D eigenvalue weighted by molar-refractivity contribution is -0.131. The van der Waals surface area contributed by atoms with Crippen molar-refractivity contribution in [2.24, 2.45) is 5.92 Å². The van der Waals surface area contributed by atoms with E-state index in [1.54, 1.807) is 0 Å². The molecule has 1 aliphatic heterocycles. The molecule has 1 aliphatic rings. The summed E-state index contributed by atoms with van der Waals surface area (Å²) in [6.45, 7) is 3.57. The molecule has 0 aromatic carbocycles. The van der Waals surface area contributed by atoms with Gasteiger partial charge in [-0.15, -0.1) is 10.2 Å². The van der Waals surface area contributed by atoms with Crippen LogP contribution < -0.4 is 5.73 Å². The standard InChI is InChI=1S/C10H16N4OS/c1-7-2-3-9(15)14(5-4-7)6-8-12-13-10(11)16-8/h7H,2-6H2,1H3,(H2,11,13). The van der Waals surface area contributed by atoms with Crippen LogP contribution in [0.15, 0.2) is 0 Å². The van der Waals surface area contributed by atoms with Crippen LogP contribution >= 0.6 is 11.3 Å². The van der Waals surface area contributed by atoms with E-state index in [-0.39, 0.29) is 5.91 Å². The van der Waals surface area contributed by atoms with Crippen molar-refractivity contribution in [2.45, 2.75) is 32.7 Å². The Morgan fingerprint density at radius 3 is 3.00 bits per heavy atom.